The second kappa shape index (κ2) is 10.4. The van der Waals surface area contributed by atoms with Crippen molar-refractivity contribution in [3.63, 3.8) is 0 Å². The average molecular weight is 571 g/mol. The Hall–Kier alpha value is -4.18. The van der Waals surface area contributed by atoms with Crippen LogP contribution in [0.4, 0.5) is 28.9 Å². The Balaban J connectivity index is 1.41. The highest BCUT2D eigenvalue weighted by Crippen LogP contribution is 2.50. The first-order valence-electron chi connectivity index (χ1n) is 12.3. The lowest BCUT2D eigenvalue weighted by atomic mass is 9.75. The molecular formula is C27H22F4N6O2S. The van der Waals surface area contributed by atoms with E-state index in [9.17, 15) is 22.8 Å². The molecule has 2 fully saturated rings. The number of amides is 2. The number of halogens is 4. The van der Waals surface area contributed by atoms with Crippen LogP contribution in [0, 0.1) is 17.1 Å². The van der Waals surface area contributed by atoms with Crippen molar-refractivity contribution in [3.05, 3.63) is 83.2 Å². The van der Waals surface area contributed by atoms with Gasteiger partial charge in [0.15, 0.2) is 11.2 Å². The number of pyridine rings is 2. The van der Waals surface area contributed by atoms with Crippen LogP contribution in [0.1, 0.15) is 46.6 Å². The van der Waals surface area contributed by atoms with Gasteiger partial charge in [-0.05, 0) is 55.7 Å². The average Bonchev–Trinajstić information content (AvgIpc) is 3.14. The lowest BCUT2D eigenvalue weighted by Gasteiger charge is -2.44. The molecule has 8 nitrogen and oxygen atoms in total. The Morgan fingerprint density at radius 2 is 1.95 bits per heavy atom. The van der Waals surface area contributed by atoms with E-state index in [1.165, 1.54) is 18.2 Å². The molecular weight excluding hydrogens is 548 g/mol. The van der Waals surface area contributed by atoms with E-state index in [-0.39, 0.29) is 23.5 Å². The maximum absolute atomic E-state index is 15.2. The molecule has 1 aromatic carbocycles. The Morgan fingerprint density at radius 3 is 2.55 bits per heavy atom. The number of nitrogens with one attached hydrogen (secondary N) is 1. The van der Waals surface area contributed by atoms with E-state index in [1.54, 1.807) is 17.2 Å². The Labute approximate surface area is 232 Å². The van der Waals surface area contributed by atoms with Crippen LogP contribution in [0.25, 0.3) is 0 Å². The number of thiol groups is 1. The Bertz CT molecular complexity index is 1510. The molecule has 1 spiro atoms. The number of hydrogen-bond acceptors (Lipinski definition) is 7. The van der Waals surface area contributed by atoms with E-state index < -0.39 is 46.1 Å². The predicted molar refractivity (Wildman–Crippen MR) is 140 cm³/mol. The van der Waals surface area contributed by atoms with Gasteiger partial charge in [0.25, 0.3) is 11.8 Å². The standard InChI is InChI=1S/C27H22F4N6O2S/c28-21-13-17(5-6-19(21)23(38)34-11-7-16-4-1-2-10-33-16)37-25(40)36(24(39)26(37)8-3-9-26)18-12-20(27(29,30)31)22(14-32)35-15-18/h1-2,4-6,10,12-13,15,25,40H,3,7-9,11H2,(H,34,38). The van der Waals surface area contributed by atoms with Gasteiger partial charge in [-0.15, -0.1) is 12.6 Å². The van der Waals surface area contributed by atoms with Crippen molar-refractivity contribution in [2.45, 2.75) is 42.9 Å². The zero-order valence-corrected chi connectivity index (χ0v) is 21.7. The molecule has 2 aliphatic rings. The summed E-state index contributed by atoms with van der Waals surface area (Å²) in [7, 11) is 0. The van der Waals surface area contributed by atoms with Crippen LogP contribution < -0.4 is 15.1 Å². The van der Waals surface area contributed by atoms with Gasteiger partial charge in [0, 0.05) is 30.5 Å². The van der Waals surface area contributed by atoms with Gasteiger partial charge < -0.3 is 10.2 Å². The van der Waals surface area contributed by atoms with Gasteiger partial charge in [0.1, 0.15) is 17.4 Å². The van der Waals surface area contributed by atoms with Crippen molar-refractivity contribution in [2.24, 2.45) is 0 Å². The zero-order valence-electron chi connectivity index (χ0n) is 20.8. The number of carbonyl (C=O) groups is 2. The number of hydrogen-bond donors (Lipinski definition) is 2. The van der Waals surface area contributed by atoms with Crippen molar-refractivity contribution >= 4 is 35.8 Å². The van der Waals surface area contributed by atoms with Crippen LogP contribution in [-0.2, 0) is 17.4 Å². The molecule has 1 aliphatic heterocycles. The van der Waals surface area contributed by atoms with Crippen molar-refractivity contribution in [2.75, 3.05) is 16.3 Å². The predicted octanol–water partition coefficient (Wildman–Crippen LogP) is 4.47. The maximum atomic E-state index is 15.2. The molecule has 1 saturated carbocycles. The second-order valence-electron chi connectivity index (χ2n) is 9.47. The number of benzene rings is 1. The van der Waals surface area contributed by atoms with Gasteiger partial charge >= 0.3 is 6.18 Å². The molecule has 1 N–H and O–H groups in total. The van der Waals surface area contributed by atoms with Crippen LogP contribution in [-0.4, -0.2) is 39.4 Å². The molecule has 0 radical (unpaired) electrons. The van der Waals surface area contributed by atoms with Crippen LogP contribution in [0.15, 0.2) is 54.9 Å². The number of nitrogens with zero attached hydrogens (tertiary/aromatic N) is 5. The molecule has 3 heterocycles. The number of alkyl halides is 3. The highest BCUT2D eigenvalue weighted by atomic mass is 32.1. The third-order valence-electron chi connectivity index (χ3n) is 7.15. The first-order chi connectivity index (χ1) is 19.1. The summed E-state index contributed by atoms with van der Waals surface area (Å²) in [6, 6.07) is 11.4. The molecule has 2 amide bonds. The van der Waals surface area contributed by atoms with E-state index in [4.69, 9.17) is 5.26 Å². The zero-order chi connectivity index (χ0) is 28.7. The molecule has 5 rings (SSSR count). The number of rotatable bonds is 6. The smallest absolute Gasteiger partial charge is 0.352 e. The molecule has 40 heavy (non-hydrogen) atoms. The topological polar surface area (TPSA) is 102 Å². The van der Waals surface area contributed by atoms with E-state index in [2.05, 4.69) is 27.9 Å². The summed E-state index contributed by atoms with van der Waals surface area (Å²) < 4.78 is 55.9. The third kappa shape index (κ3) is 4.72. The minimum Gasteiger partial charge on any atom is -0.352 e. The molecule has 1 aliphatic carbocycles. The van der Waals surface area contributed by atoms with E-state index in [0.29, 0.717) is 31.7 Å². The Morgan fingerprint density at radius 1 is 1.18 bits per heavy atom. The van der Waals surface area contributed by atoms with Gasteiger partial charge in [0.05, 0.1) is 23.0 Å². The van der Waals surface area contributed by atoms with Gasteiger partial charge in [-0.2, -0.15) is 18.4 Å². The molecule has 13 heteroatoms. The van der Waals surface area contributed by atoms with E-state index in [0.717, 1.165) is 22.9 Å². The van der Waals surface area contributed by atoms with Crippen molar-refractivity contribution < 1.29 is 27.2 Å². The minimum absolute atomic E-state index is 0.186. The number of aromatic nitrogens is 2. The number of anilines is 2. The fourth-order valence-electron chi connectivity index (χ4n) is 5.04. The summed E-state index contributed by atoms with van der Waals surface area (Å²) in [4.78, 5) is 36.6. The van der Waals surface area contributed by atoms with Gasteiger partial charge in [0.2, 0.25) is 0 Å². The first-order valence-corrected chi connectivity index (χ1v) is 12.8. The number of carbonyl (C=O) groups excluding carboxylic acids is 2. The molecule has 1 unspecified atom stereocenters. The fraction of sp³-hybridized carbons (Fsp3) is 0.296. The molecule has 2 aromatic heterocycles. The van der Waals surface area contributed by atoms with E-state index in [1.807, 2.05) is 12.1 Å². The summed E-state index contributed by atoms with van der Waals surface area (Å²) in [5, 5.41) is 11.7. The second-order valence-corrected chi connectivity index (χ2v) is 9.93. The summed E-state index contributed by atoms with van der Waals surface area (Å²) >= 11 is 4.55. The van der Waals surface area contributed by atoms with Crippen LogP contribution in [0.3, 0.4) is 0 Å². The minimum atomic E-state index is -4.87. The lowest BCUT2D eigenvalue weighted by Crippen LogP contribution is -2.55. The molecule has 3 aromatic rings. The third-order valence-corrected chi connectivity index (χ3v) is 7.61. The van der Waals surface area contributed by atoms with Crippen LogP contribution in [0.2, 0.25) is 0 Å². The summed E-state index contributed by atoms with van der Waals surface area (Å²) in [6.07, 6.45) is -0.315. The van der Waals surface area contributed by atoms with Gasteiger partial charge in [-0.25, -0.2) is 9.37 Å². The van der Waals surface area contributed by atoms with Gasteiger partial charge in [-0.3, -0.25) is 19.5 Å². The molecule has 1 saturated heterocycles. The largest absolute Gasteiger partial charge is 0.419 e. The molecule has 1 atom stereocenters. The monoisotopic (exact) mass is 570 g/mol. The van der Waals surface area contributed by atoms with E-state index >= 15 is 4.39 Å². The SMILES string of the molecule is N#Cc1ncc(N2C(=O)C3(CCC3)N(c3ccc(C(=O)NCCc4ccccn4)c(F)c3)C2S)cc1C(F)(F)F. The Kier molecular flexibility index (Phi) is 7.14. The molecule has 0 bridgehead atoms. The fourth-order valence-corrected chi connectivity index (χ4v) is 5.63. The highest BCUT2D eigenvalue weighted by Gasteiger charge is 2.60. The molecule has 206 valence electrons. The normalized spacial score (nSPS) is 18.0. The maximum Gasteiger partial charge on any atom is 0.419 e. The van der Waals surface area contributed by atoms with Gasteiger partial charge in [-0.1, -0.05) is 6.07 Å². The van der Waals surface area contributed by atoms with Crippen molar-refractivity contribution in [1.82, 2.24) is 15.3 Å². The first kappa shape index (κ1) is 27.4. The van der Waals surface area contributed by atoms with Crippen LogP contribution in [0.5, 0.6) is 0 Å². The quantitative estimate of drug-likeness (QED) is 0.335. The summed E-state index contributed by atoms with van der Waals surface area (Å²) in [5.41, 5.74) is -3.69. The summed E-state index contributed by atoms with van der Waals surface area (Å²) in [5.74, 6) is -1.95. The van der Waals surface area contributed by atoms with Crippen molar-refractivity contribution in [1.29, 1.82) is 5.26 Å². The number of nitriles is 1. The lowest BCUT2D eigenvalue weighted by molar-refractivity contribution is -0.138. The van der Waals surface area contributed by atoms with Crippen molar-refractivity contribution in [3.8, 4) is 6.07 Å². The summed E-state index contributed by atoms with van der Waals surface area (Å²) in [6.45, 7) is 0.243. The van der Waals surface area contributed by atoms with Crippen LogP contribution >= 0.6 is 12.6 Å². The highest BCUT2D eigenvalue weighted by molar-refractivity contribution is 7.81.